The average Bonchev–Trinajstić information content (AvgIpc) is 2.90. The number of amides is 1. The number of anilines is 2. The molecule has 2 aliphatic heterocycles. The topological polar surface area (TPSA) is 80.2 Å². The zero-order chi connectivity index (χ0) is 16.5. The second-order valence-corrected chi connectivity index (χ2v) is 5.98. The summed E-state index contributed by atoms with van der Waals surface area (Å²) < 4.78 is 18.9. The summed E-state index contributed by atoms with van der Waals surface area (Å²) in [5.74, 6) is -0.315. The Bertz CT molecular complexity index is 727. The molecule has 0 aliphatic carbocycles. The van der Waals surface area contributed by atoms with Crippen molar-refractivity contribution in [2.75, 3.05) is 23.3 Å². The van der Waals surface area contributed by atoms with Crippen LogP contribution in [-0.2, 0) is 9.53 Å². The maximum absolute atomic E-state index is 13.0. The van der Waals surface area contributed by atoms with Gasteiger partial charge in [0.1, 0.15) is 0 Å². The molecule has 0 spiro atoms. The fourth-order valence-corrected chi connectivity index (χ4v) is 3.24. The number of carbonyl (C=O) groups excluding carboxylic acids is 1. The van der Waals surface area contributed by atoms with Crippen LogP contribution >= 0.6 is 0 Å². The predicted molar refractivity (Wildman–Crippen MR) is 83.8 cm³/mol. The lowest BCUT2D eigenvalue weighted by Crippen LogP contribution is -2.45. The maximum atomic E-state index is 13.0. The van der Waals surface area contributed by atoms with Gasteiger partial charge in [-0.15, -0.1) is 0 Å². The minimum atomic E-state index is -0.469. The van der Waals surface area contributed by atoms with Gasteiger partial charge in [-0.25, -0.2) is 14.4 Å². The summed E-state index contributed by atoms with van der Waals surface area (Å²) >= 11 is 0. The summed E-state index contributed by atoms with van der Waals surface area (Å²) in [6.07, 6.45) is 5.92. The highest BCUT2D eigenvalue weighted by atomic mass is 19.1. The van der Waals surface area contributed by atoms with Crippen molar-refractivity contribution < 1.29 is 13.9 Å². The minimum absolute atomic E-state index is 0.0537. The van der Waals surface area contributed by atoms with Gasteiger partial charge >= 0.3 is 0 Å². The summed E-state index contributed by atoms with van der Waals surface area (Å²) in [5.41, 5.74) is 0.669. The van der Waals surface area contributed by atoms with E-state index in [1.165, 1.54) is 0 Å². The number of halogens is 1. The second kappa shape index (κ2) is 6.12. The van der Waals surface area contributed by atoms with E-state index < -0.39 is 5.82 Å². The van der Waals surface area contributed by atoms with Crippen LogP contribution in [0.25, 0.3) is 0 Å². The van der Waals surface area contributed by atoms with Gasteiger partial charge < -0.3 is 15.0 Å². The molecule has 0 saturated carbocycles. The van der Waals surface area contributed by atoms with Gasteiger partial charge in [0.2, 0.25) is 11.9 Å². The van der Waals surface area contributed by atoms with E-state index in [0.29, 0.717) is 31.1 Å². The van der Waals surface area contributed by atoms with Crippen LogP contribution in [0.1, 0.15) is 6.42 Å². The normalized spacial score (nSPS) is 25.5. The summed E-state index contributed by atoms with van der Waals surface area (Å²) in [6.45, 7) is 1.10. The fourth-order valence-electron chi connectivity index (χ4n) is 3.24. The molecule has 24 heavy (non-hydrogen) atoms. The molecular formula is C16H16FN5O2. The Hall–Kier alpha value is -2.61. The van der Waals surface area contributed by atoms with E-state index in [2.05, 4.69) is 20.3 Å². The molecule has 2 aromatic heterocycles. The molecule has 2 bridgehead atoms. The molecule has 2 saturated heterocycles. The van der Waals surface area contributed by atoms with Crippen molar-refractivity contribution in [3.8, 4) is 0 Å². The number of carbonyl (C=O) groups is 1. The molecule has 1 N–H and O–H groups in total. The Kier molecular flexibility index (Phi) is 3.81. The highest BCUT2D eigenvalue weighted by Crippen LogP contribution is 2.33. The van der Waals surface area contributed by atoms with Crippen molar-refractivity contribution in [3.63, 3.8) is 0 Å². The third-order valence-corrected chi connectivity index (χ3v) is 4.31. The maximum Gasteiger partial charge on any atom is 0.230 e. The zero-order valence-corrected chi connectivity index (χ0v) is 12.8. The number of pyridine rings is 1. The van der Waals surface area contributed by atoms with Crippen molar-refractivity contribution in [1.29, 1.82) is 0 Å². The zero-order valence-electron chi connectivity index (χ0n) is 12.8. The molecule has 2 aromatic rings. The van der Waals surface area contributed by atoms with Gasteiger partial charge in [-0.1, -0.05) is 0 Å². The van der Waals surface area contributed by atoms with E-state index in [1.807, 2.05) is 4.90 Å². The average molecular weight is 329 g/mol. The molecule has 8 heteroatoms. The number of rotatable bonds is 3. The molecule has 0 unspecified atom stereocenters. The number of nitrogens with one attached hydrogen (secondary N) is 1. The molecule has 1 amide bonds. The Morgan fingerprint density at radius 3 is 2.88 bits per heavy atom. The van der Waals surface area contributed by atoms with Crippen molar-refractivity contribution >= 4 is 17.5 Å². The van der Waals surface area contributed by atoms with E-state index in [9.17, 15) is 9.18 Å². The third kappa shape index (κ3) is 2.92. The monoisotopic (exact) mass is 329 g/mol. The van der Waals surface area contributed by atoms with Gasteiger partial charge in [0, 0.05) is 19.3 Å². The highest BCUT2D eigenvalue weighted by molar-refractivity contribution is 5.93. The SMILES string of the molecule is O=C(Nc1cccnc1)[C@@H]1C[C@H]2CN(c3ncc(F)cn3)C[C@@H]1O2. The first-order valence-electron chi connectivity index (χ1n) is 7.78. The number of hydrogen-bond acceptors (Lipinski definition) is 6. The molecule has 2 fully saturated rings. The minimum Gasteiger partial charge on any atom is -0.370 e. The predicted octanol–water partition coefficient (Wildman–Crippen LogP) is 1.24. The second-order valence-electron chi connectivity index (χ2n) is 5.98. The lowest BCUT2D eigenvalue weighted by molar-refractivity contribution is -0.121. The Labute approximate surface area is 137 Å². The standard InChI is InChI=1S/C16H16FN5O2/c17-10-5-19-16(20-6-10)22-8-12-4-13(14(9-22)24-12)15(23)21-11-2-1-3-18-7-11/h1-3,5-7,12-14H,4,8-9H2,(H,21,23)/t12-,13+,14-/m0/s1. The van der Waals surface area contributed by atoms with Crippen LogP contribution in [0.15, 0.2) is 36.9 Å². The smallest absolute Gasteiger partial charge is 0.230 e. The lowest BCUT2D eigenvalue weighted by atomic mass is 9.99. The van der Waals surface area contributed by atoms with Crippen LogP contribution in [0, 0.1) is 11.7 Å². The molecule has 4 rings (SSSR count). The van der Waals surface area contributed by atoms with Crippen LogP contribution in [0.2, 0.25) is 0 Å². The first kappa shape index (κ1) is 14.9. The van der Waals surface area contributed by atoms with Crippen LogP contribution < -0.4 is 10.2 Å². The van der Waals surface area contributed by atoms with Crippen LogP contribution in [0.4, 0.5) is 16.0 Å². The molecule has 124 valence electrons. The summed E-state index contributed by atoms with van der Waals surface area (Å²) in [4.78, 5) is 26.5. The van der Waals surface area contributed by atoms with E-state index in [0.717, 1.165) is 12.4 Å². The third-order valence-electron chi connectivity index (χ3n) is 4.31. The van der Waals surface area contributed by atoms with Crippen molar-refractivity contribution in [1.82, 2.24) is 15.0 Å². The molecule has 2 aliphatic rings. The number of aromatic nitrogens is 3. The number of morpholine rings is 1. The largest absolute Gasteiger partial charge is 0.370 e. The van der Waals surface area contributed by atoms with Crippen molar-refractivity contribution in [2.45, 2.75) is 18.6 Å². The molecule has 7 nitrogen and oxygen atoms in total. The molecule has 0 aromatic carbocycles. The number of ether oxygens (including phenoxy) is 1. The van der Waals surface area contributed by atoms with Gasteiger partial charge in [0.25, 0.3) is 0 Å². The van der Waals surface area contributed by atoms with Gasteiger partial charge in [-0.2, -0.15) is 0 Å². The number of hydrogen-bond donors (Lipinski definition) is 1. The molecule has 4 heterocycles. The van der Waals surface area contributed by atoms with E-state index in [-0.39, 0.29) is 24.0 Å². The quantitative estimate of drug-likeness (QED) is 0.913. The van der Waals surface area contributed by atoms with E-state index in [4.69, 9.17) is 4.74 Å². The van der Waals surface area contributed by atoms with Crippen LogP contribution in [-0.4, -0.2) is 46.2 Å². The Morgan fingerprint density at radius 2 is 2.12 bits per heavy atom. The van der Waals surface area contributed by atoms with Crippen molar-refractivity contribution in [3.05, 3.63) is 42.7 Å². The summed E-state index contributed by atoms with van der Waals surface area (Å²) in [5, 5.41) is 2.88. The van der Waals surface area contributed by atoms with E-state index >= 15 is 0 Å². The van der Waals surface area contributed by atoms with Crippen LogP contribution in [0.3, 0.4) is 0 Å². The summed E-state index contributed by atoms with van der Waals surface area (Å²) in [6, 6.07) is 3.57. The lowest BCUT2D eigenvalue weighted by Gasteiger charge is -2.32. The van der Waals surface area contributed by atoms with Crippen molar-refractivity contribution in [2.24, 2.45) is 5.92 Å². The molecular weight excluding hydrogens is 313 g/mol. The number of fused-ring (bicyclic) bond motifs is 2. The van der Waals surface area contributed by atoms with Gasteiger partial charge in [0.15, 0.2) is 5.82 Å². The highest BCUT2D eigenvalue weighted by Gasteiger charge is 2.45. The first-order chi connectivity index (χ1) is 11.7. The first-order valence-corrected chi connectivity index (χ1v) is 7.78. The fraction of sp³-hybridized carbons (Fsp3) is 0.375. The van der Waals surface area contributed by atoms with Gasteiger partial charge in [-0.05, 0) is 18.6 Å². The van der Waals surface area contributed by atoms with Gasteiger partial charge in [0.05, 0.1) is 42.4 Å². The van der Waals surface area contributed by atoms with Crippen LogP contribution in [0.5, 0.6) is 0 Å². The number of nitrogens with zero attached hydrogens (tertiary/aromatic N) is 4. The Balaban J connectivity index is 1.45. The Morgan fingerprint density at radius 1 is 1.29 bits per heavy atom. The van der Waals surface area contributed by atoms with Gasteiger partial charge in [-0.3, -0.25) is 9.78 Å². The molecule has 0 radical (unpaired) electrons. The van der Waals surface area contributed by atoms with E-state index in [1.54, 1.807) is 24.5 Å². The summed E-state index contributed by atoms with van der Waals surface area (Å²) in [7, 11) is 0. The molecule has 3 atom stereocenters.